The molecule has 0 amide bonds. The molecule has 88 valence electrons. The predicted molar refractivity (Wildman–Crippen MR) is 55.3 cm³/mol. The summed E-state index contributed by atoms with van der Waals surface area (Å²) in [7, 11) is -4.49. The van der Waals surface area contributed by atoms with Crippen LogP contribution in [0.3, 0.4) is 0 Å². The molecule has 1 unspecified atom stereocenters. The summed E-state index contributed by atoms with van der Waals surface area (Å²) in [5.41, 5.74) is -1.37. The smallest absolute Gasteiger partial charge is 0.417 e. The van der Waals surface area contributed by atoms with Crippen LogP contribution in [0.5, 0.6) is 5.75 Å². The Labute approximate surface area is 92.0 Å². The molecule has 1 atom stereocenters. The Hall–Kier alpha value is -1.20. The summed E-state index contributed by atoms with van der Waals surface area (Å²) in [4.78, 5) is 20.3. The van der Waals surface area contributed by atoms with Crippen molar-refractivity contribution in [2.75, 3.05) is 13.2 Å². The Kier molecular flexibility index (Phi) is 4.64. The van der Waals surface area contributed by atoms with Crippen molar-refractivity contribution >= 4 is 13.3 Å². The van der Waals surface area contributed by atoms with Gasteiger partial charge in [0.05, 0.1) is 13.2 Å². The SMILES string of the molecule is O=C(Oc1ccccc1)P(=O)(O)OCCO. The monoisotopic (exact) mass is 246 g/mol. The molecule has 0 saturated carbocycles. The van der Waals surface area contributed by atoms with Gasteiger partial charge in [-0.3, -0.25) is 4.52 Å². The van der Waals surface area contributed by atoms with Crippen molar-refractivity contribution in [1.29, 1.82) is 0 Å². The second-order valence-corrected chi connectivity index (χ2v) is 4.42. The van der Waals surface area contributed by atoms with Crippen LogP contribution in [-0.2, 0) is 9.09 Å². The summed E-state index contributed by atoms with van der Waals surface area (Å²) in [5, 5.41) is 8.39. The quantitative estimate of drug-likeness (QED) is 0.762. The number of carbonyl (C=O) groups excluding carboxylic acids is 1. The summed E-state index contributed by atoms with van der Waals surface area (Å²) in [6, 6.07) is 7.85. The highest BCUT2D eigenvalue weighted by Gasteiger charge is 2.33. The Morgan fingerprint density at radius 3 is 2.50 bits per heavy atom. The van der Waals surface area contributed by atoms with Crippen LogP contribution in [0.1, 0.15) is 0 Å². The van der Waals surface area contributed by atoms with Crippen LogP contribution in [0.25, 0.3) is 0 Å². The Balaban J connectivity index is 2.62. The summed E-state index contributed by atoms with van der Waals surface area (Å²) < 4.78 is 20.1. The Morgan fingerprint density at radius 1 is 1.31 bits per heavy atom. The zero-order chi connectivity index (χ0) is 12.0. The van der Waals surface area contributed by atoms with E-state index in [1.54, 1.807) is 18.2 Å². The molecule has 0 radical (unpaired) electrons. The number of ether oxygens (including phenoxy) is 1. The van der Waals surface area contributed by atoms with Crippen LogP contribution in [0.4, 0.5) is 4.79 Å². The third-order valence-electron chi connectivity index (χ3n) is 1.54. The highest BCUT2D eigenvalue weighted by molar-refractivity contribution is 7.70. The molecule has 0 aliphatic carbocycles. The van der Waals surface area contributed by atoms with Crippen LogP contribution in [0, 0.1) is 0 Å². The number of hydrogen-bond donors (Lipinski definition) is 2. The molecule has 0 saturated heterocycles. The van der Waals surface area contributed by atoms with E-state index in [4.69, 9.17) is 10.00 Å². The van der Waals surface area contributed by atoms with Crippen molar-refractivity contribution in [3.8, 4) is 5.75 Å². The zero-order valence-corrected chi connectivity index (χ0v) is 9.17. The fourth-order valence-corrected chi connectivity index (χ4v) is 1.52. The van der Waals surface area contributed by atoms with E-state index in [1.165, 1.54) is 12.1 Å². The third kappa shape index (κ3) is 3.75. The normalized spacial score (nSPS) is 14.1. The number of aliphatic hydroxyl groups is 1. The summed E-state index contributed by atoms with van der Waals surface area (Å²) >= 11 is 0. The minimum atomic E-state index is -4.49. The van der Waals surface area contributed by atoms with Gasteiger partial charge in [0.15, 0.2) is 0 Å². The Morgan fingerprint density at radius 2 is 1.94 bits per heavy atom. The van der Waals surface area contributed by atoms with E-state index >= 15 is 0 Å². The van der Waals surface area contributed by atoms with Crippen LogP contribution in [0.2, 0.25) is 0 Å². The number of aliphatic hydroxyl groups excluding tert-OH is 1. The average molecular weight is 246 g/mol. The van der Waals surface area contributed by atoms with Gasteiger partial charge in [0.1, 0.15) is 5.75 Å². The molecule has 0 aliphatic rings. The molecule has 0 spiro atoms. The van der Waals surface area contributed by atoms with Crippen LogP contribution >= 0.6 is 7.60 Å². The van der Waals surface area contributed by atoms with Gasteiger partial charge in [-0.2, -0.15) is 0 Å². The minimum absolute atomic E-state index is 0.148. The molecule has 1 aromatic rings. The van der Waals surface area contributed by atoms with E-state index in [2.05, 4.69) is 9.26 Å². The molecule has 0 bridgehead atoms. The van der Waals surface area contributed by atoms with E-state index in [0.717, 1.165) is 0 Å². The molecular formula is C9H11O6P. The van der Waals surface area contributed by atoms with Gasteiger partial charge in [-0.05, 0) is 12.1 Å². The lowest BCUT2D eigenvalue weighted by atomic mass is 10.3. The van der Waals surface area contributed by atoms with E-state index < -0.39 is 26.5 Å². The lowest BCUT2D eigenvalue weighted by Gasteiger charge is -2.09. The molecule has 16 heavy (non-hydrogen) atoms. The average Bonchev–Trinajstić information content (AvgIpc) is 2.28. The van der Waals surface area contributed by atoms with Crippen LogP contribution < -0.4 is 4.74 Å². The number of para-hydroxylation sites is 1. The largest absolute Gasteiger partial charge is 0.436 e. The molecule has 1 aromatic carbocycles. The van der Waals surface area contributed by atoms with Crippen molar-refractivity contribution in [3.63, 3.8) is 0 Å². The van der Waals surface area contributed by atoms with Crippen molar-refractivity contribution in [1.82, 2.24) is 0 Å². The highest BCUT2D eigenvalue weighted by Crippen LogP contribution is 2.43. The minimum Gasteiger partial charge on any atom is -0.417 e. The number of hydrogen-bond acceptors (Lipinski definition) is 5. The maximum Gasteiger partial charge on any atom is 0.436 e. The third-order valence-corrected chi connectivity index (χ3v) is 2.62. The van der Waals surface area contributed by atoms with Gasteiger partial charge in [-0.25, -0.2) is 9.36 Å². The van der Waals surface area contributed by atoms with Gasteiger partial charge >= 0.3 is 13.3 Å². The van der Waals surface area contributed by atoms with Gasteiger partial charge in [-0.15, -0.1) is 0 Å². The summed E-state index contributed by atoms with van der Waals surface area (Å²) in [6.07, 6.45) is 0. The van der Waals surface area contributed by atoms with Crippen molar-refractivity contribution in [2.45, 2.75) is 0 Å². The van der Waals surface area contributed by atoms with E-state index in [9.17, 15) is 9.36 Å². The number of carbonyl (C=O) groups is 1. The number of rotatable bonds is 5. The van der Waals surface area contributed by atoms with Crippen molar-refractivity contribution in [2.24, 2.45) is 0 Å². The first-order chi connectivity index (χ1) is 7.56. The van der Waals surface area contributed by atoms with Crippen molar-refractivity contribution in [3.05, 3.63) is 30.3 Å². The summed E-state index contributed by atoms with van der Waals surface area (Å²) in [5.74, 6) is 0.148. The molecule has 0 fully saturated rings. The Bertz CT molecular complexity index is 390. The second-order valence-electron chi connectivity index (χ2n) is 2.76. The predicted octanol–water partition coefficient (Wildman–Crippen LogP) is 1.38. The first-order valence-electron chi connectivity index (χ1n) is 4.42. The van der Waals surface area contributed by atoms with E-state index in [1.807, 2.05) is 0 Å². The van der Waals surface area contributed by atoms with Gasteiger partial charge in [-0.1, -0.05) is 18.2 Å². The molecule has 2 N–H and O–H groups in total. The fraction of sp³-hybridized carbons (Fsp3) is 0.222. The zero-order valence-electron chi connectivity index (χ0n) is 8.28. The maximum absolute atomic E-state index is 11.2. The molecule has 0 aromatic heterocycles. The molecule has 0 heterocycles. The molecular weight excluding hydrogens is 235 g/mol. The molecule has 1 rings (SSSR count). The first-order valence-corrected chi connectivity index (χ1v) is 5.99. The van der Waals surface area contributed by atoms with Gasteiger partial charge in [0.2, 0.25) is 0 Å². The summed E-state index contributed by atoms with van der Waals surface area (Å²) in [6.45, 7) is -0.860. The standard InChI is InChI=1S/C9H11O6P/c10-6-7-14-16(12,13)9(11)15-8-4-2-1-3-5-8/h1-5,10H,6-7H2,(H,12,13). The van der Waals surface area contributed by atoms with Crippen molar-refractivity contribution < 1.29 is 28.6 Å². The molecule has 7 heteroatoms. The van der Waals surface area contributed by atoms with E-state index in [0.29, 0.717) is 0 Å². The number of benzene rings is 1. The van der Waals surface area contributed by atoms with Gasteiger partial charge in [0, 0.05) is 0 Å². The second kappa shape index (κ2) is 5.77. The highest BCUT2D eigenvalue weighted by atomic mass is 31.2. The maximum atomic E-state index is 11.2. The fourth-order valence-electron chi connectivity index (χ4n) is 0.864. The van der Waals surface area contributed by atoms with E-state index in [-0.39, 0.29) is 5.75 Å². The topological polar surface area (TPSA) is 93.1 Å². The van der Waals surface area contributed by atoms with Gasteiger partial charge in [0.25, 0.3) is 0 Å². The first kappa shape index (κ1) is 12.9. The van der Waals surface area contributed by atoms with Gasteiger partial charge < -0.3 is 14.7 Å². The lowest BCUT2D eigenvalue weighted by molar-refractivity contribution is 0.172. The van der Waals surface area contributed by atoms with Crippen LogP contribution in [0.15, 0.2) is 30.3 Å². The molecule has 6 nitrogen and oxygen atoms in total. The lowest BCUT2D eigenvalue weighted by Crippen LogP contribution is -2.10. The van der Waals surface area contributed by atoms with Crippen LogP contribution in [-0.4, -0.2) is 28.9 Å². The molecule has 0 aliphatic heterocycles.